The fourth-order valence-electron chi connectivity index (χ4n) is 2.89. The maximum atomic E-state index is 14.9. The maximum absolute atomic E-state index is 14.9. The lowest BCUT2D eigenvalue weighted by atomic mass is 9.86. The molecule has 0 aromatic heterocycles. The first kappa shape index (κ1) is 14.4. The molecule has 1 heterocycles. The number of hydrogen-bond acceptors (Lipinski definition) is 2. The zero-order valence-corrected chi connectivity index (χ0v) is 11.7. The first-order chi connectivity index (χ1) is 8.90. The third-order valence-electron chi connectivity index (χ3n) is 3.58. The third kappa shape index (κ3) is 3.31. The minimum Gasteiger partial charge on any atom is -0.379 e. The van der Waals surface area contributed by atoms with Gasteiger partial charge in [-0.1, -0.05) is 6.07 Å². The van der Waals surface area contributed by atoms with Gasteiger partial charge in [0.2, 0.25) is 0 Å². The molecule has 2 rings (SSSR count). The van der Waals surface area contributed by atoms with Crippen molar-refractivity contribution in [3.63, 3.8) is 0 Å². The van der Waals surface area contributed by atoms with Crippen molar-refractivity contribution >= 4 is 0 Å². The van der Waals surface area contributed by atoms with Crippen LogP contribution in [0.4, 0.5) is 8.78 Å². The van der Waals surface area contributed by atoms with Crippen LogP contribution in [-0.2, 0) is 10.4 Å². The molecular weight excluding hydrogens is 248 g/mol. The van der Waals surface area contributed by atoms with Crippen LogP contribution in [0.5, 0.6) is 0 Å². The molecule has 1 fully saturated rings. The van der Waals surface area contributed by atoms with Gasteiger partial charge in [-0.3, -0.25) is 0 Å². The van der Waals surface area contributed by atoms with E-state index in [1.54, 1.807) is 6.92 Å². The van der Waals surface area contributed by atoms with E-state index in [-0.39, 0.29) is 18.0 Å². The molecule has 1 N–H and O–H groups in total. The lowest BCUT2D eigenvalue weighted by molar-refractivity contribution is 0.0463. The fraction of sp³-hybridized carbons (Fsp3) is 0.600. The van der Waals surface area contributed by atoms with Crippen LogP contribution in [0.3, 0.4) is 0 Å². The fourth-order valence-corrected chi connectivity index (χ4v) is 2.89. The number of nitrogens with one attached hydrogen (secondary N) is 1. The molecule has 2 atom stereocenters. The molecule has 0 amide bonds. The SMILES string of the molecule is Cc1cc(C)c(C(C)(F)CC2COCCN2)c(F)c1. The lowest BCUT2D eigenvalue weighted by Crippen LogP contribution is -2.44. The number of halogens is 2. The van der Waals surface area contributed by atoms with E-state index in [0.717, 1.165) is 12.1 Å². The zero-order chi connectivity index (χ0) is 14.0. The second-order valence-electron chi connectivity index (χ2n) is 5.57. The largest absolute Gasteiger partial charge is 0.379 e. The monoisotopic (exact) mass is 269 g/mol. The molecule has 1 aliphatic rings. The van der Waals surface area contributed by atoms with Crippen LogP contribution < -0.4 is 5.32 Å². The molecule has 2 nitrogen and oxygen atoms in total. The Kier molecular flexibility index (Phi) is 4.21. The summed E-state index contributed by atoms with van der Waals surface area (Å²) in [5.74, 6) is -0.459. The molecule has 1 saturated heterocycles. The van der Waals surface area contributed by atoms with Gasteiger partial charge in [-0.2, -0.15) is 0 Å². The second-order valence-corrected chi connectivity index (χ2v) is 5.57. The predicted molar refractivity (Wildman–Crippen MR) is 71.6 cm³/mol. The molecular formula is C15H21F2NO. The first-order valence-corrected chi connectivity index (χ1v) is 6.67. The van der Waals surface area contributed by atoms with Crippen molar-refractivity contribution in [2.45, 2.75) is 38.9 Å². The number of aryl methyl sites for hydroxylation is 2. The topological polar surface area (TPSA) is 21.3 Å². The zero-order valence-electron chi connectivity index (χ0n) is 11.7. The summed E-state index contributed by atoms with van der Waals surface area (Å²) >= 11 is 0. The van der Waals surface area contributed by atoms with Crippen molar-refractivity contribution in [1.82, 2.24) is 5.32 Å². The van der Waals surface area contributed by atoms with Crippen molar-refractivity contribution in [3.8, 4) is 0 Å². The number of ether oxygens (including phenoxy) is 1. The van der Waals surface area contributed by atoms with Crippen LogP contribution in [-0.4, -0.2) is 25.8 Å². The van der Waals surface area contributed by atoms with Crippen molar-refractivity contribution < 1.29 is 13.5 Å². The molecule has 0 aliphatic carbocycles. The Labute approximate surface area is 113 Å². The third-order valence-corrected chi connectivity index (χ3v) is 3.58. The summed E-state index contributed by atoms with van der Waals surface area (Å²) in [6, 6.07) is 3.15. The van der Waals surface area contributed by atoms with Gasteiger partial charge in [-0.15, -0.1) is 0 Å². The number of hydrogen-bond donors (Lipinski definition) is 1. The number of morpholine rings is 1. The molecule has 1 aromatic carbocycles. The highest BCUT2D eigenvalue weighted by Crippen LogP contribution is 2.35. The molecule has 0 saturated carbocycles. The summed E-state index contributed by atoms with van der Waals surface area (Å²) in [5, 5.41) is 3.21. The lowest BCUT2D eigenvalue weighted by Gasteiger charge is -2.31. The molecule has 0 bridgehead atoms. The van der Waals surface area contributed by atoms with E-state index in [4.69, 9.17) is 4.74 Å². The highest BCUT2D eigenvalue weighted by Gasteiger charge is 2.34. The molecule has 1 aliphatic heterocycles. The van der Waals surface area contributed by atoms with Crippen LogP contribution in [0.25, 0.3) is 0 Å². The Bertz CT molecular complexity index is 430. The minimum absolute atomic E-state index is 0.0659. The van der Waals surface area contributed by atoms with Gasteiger partial charge in [-0.25, -0.2) is 8.78 Å². The quantitative estimate of drug-likeness (QED) is 0.910. The van der Waals surface area contributed by atoms with Crippen molar-refractivity contribution in [2.24, 2.45) is 0 Å². The van der Waals surface area contributed by atoms with Crippen LogP contribution in [0.15, 0.2) is 12.1 Å². The minimum atomic E-state index is -1.69. The first-order valence-electron chi connectivity index (χ1n) is 6.67. The molecule has 2 unspecified atom stereocenters. The summed E-state index contributed by atoms with van der Waals surface area (Å²) in [5.41, 5.74) is -0.0429. The van der Waals surface area contributed by atoms with Crippen LogP contribution in [0, 0.1) is 19.7 Å². The summed E-state index contributed by atoms with van der Waals surface area (Å²) in [6.07, 6.45) is 0.216. The summed E-state index contributed by atoms with van der Waals surface area (Å²) < 4.78 is 34.3. The van der Waals surface area contributed by atoms with Crippen LogP contribution >= 0.6 is 0 Å². The van der Waals surface area contributed by atoms with Gasteiger partial charge in [0.25, 0.3) is 0 Å². The van der Waals surface area contributed by atoms with Gasteiger partial charge in [0.1, 0.15) is 11.5 Å². The van der Waals surface area contributed by atoms with Crippen molar-refractivity contribution in [1.29, 1.82) is 0 Å². The van der Waals surface area contributed by atoms with Gasteiger partial charge in [0, 0.05) is 24.6 Å². The maximum Gasteiger partial charge on any atom is 0.137 e. The summed E-state index contributed by atoms with van der Waals surface area (Å²) in [6.45, 7) is 6.86. The predicted octanol–water partition coefficient (Wildman–Crippen LogP) is 3.01. The number of benzene rings is 1. The van der Waals surface area contributed by atoms with Crippen molar-refractivity contribution in [3.05, 3.63) is 34.6 Å². The highest BCUT2D eigenvalue weighted by atomic mass is 19.1. The van der Waals surface area contributed by atoms with E-state index in [1.807, 2.05) is 13.0 Å². The van der Waals surface area contributed by atoms with Gasteiger partial charge in [0.15, 0.2) is 0 Å². The average Bonchev–Trinajstić information content (AvgIpc) is 2.27. The standard InChI is InChI=1S/C15H21F2NO/c1-10-6-11(2)14(13(16)7-10)15(3,17)8-12-9-19-5-4-18-12/h6-7,12,18H,4-5,8-9H2,1-3H3. The summed E-state index contributed by atoms with van der Waals surface area (Å²) in [4.78, 5) is 0. The molecule has 0 radical (unpaired) electrons. The Hall–Kier alpha value is -1.00. The molecule has 106 valence electrons. The van der Waals surface area contributed by atoms with Crippen LogP contribution in [0.1, 0.15) is 30.0 Å². The van der Waals surface area contributed by atoms with Gasteiger partial charge >= 0.3 is 0 Å². The number of rotatable bonds is 3. The van der Waals surface area contributed by atoms with E-state index in [9.17, 15) is 8.78 Å². The number of alkyl halides is 1. The molecule has 0 spiro atoms. The molecule has 19 heavy (non-hydrogen) atoms. The molecule has 1 aromatic rings. The highest BCUT2D eigenvalue weighted by molar-refractivity contribution is 5.36. The average molecular weight is 269 g/mol. The Morgan fingerprint density at radius 3 is 2.74 bits per heavy atom. The Morgan fingerprint density at radius 2 is 2.16 bits per heavy atom. The van der Waals surface area contributed by atoms with Gasteiger partial charge in [-0.05, 0) is 38.0 Å². The Balaban J connectivity index is 2.23. The van der Waals surface area contributed by atoms with Crippen molar-refractivity contribution in [2.75, 3.05) is 19.8 Å². The Morgan fingerprint density at radius 1 is 1.42 bits per heavy atom. The van der Waals surface area contributed by atoms with E-state index in [1.165, 1.54) is 13.0 Å². The van der Waals surface area contributed by atoms with Crippen LogP contribution in [0.2, 0.25) is 0 Å². The molecule has 4 heteroatoms. The van der Waals surface area contributed by atoms with E-state index < -0.39 is 11.5 Å². The normalized spacial score (nSPS) is 23.1. The van der Waals surface area contributed by atoms with E-state index >= 15 is 0 Å². The van der Waals surface area contributed by atoms with E-state index in [0.29, 0.717) is 18.8 Å². The summed E-state index contributed by atoms with van der Waals surface area (Å²) in [7, 11) is 0. The van der Waals surface area contributed by atoms with Gasteiger partial charge < -0.3 is 10.1 Å². The van der Waals surface area contributed by atoms with Gasteiger partial charge in [0.05, 0.1) is 13.2 Å². The second kappa shape index (κ2) is 5.55. The van der Waals surface area contributed by atoms with E-state index in [2.05, 4.69) is 5.32 Å². The smallest absolute Gasteiger partial charge is 0.137 e.